The lowest BCUT2D eigenvalue weighted by molar-refractivity contribution is -0.129. The van der Waals surface area contributed by atoms with Gasteiger partial charge in [0.15, 0.2) is 0 Å². The van der Waals surface area contributed by atoms with Crippen molar-refractivity contribution in [3.8, 4) is 0 Å². The summed E-state index contributed by atoms with van der Waals surface area (Å²) in [4.78, 5) is 23.6. The van der Waals surface area contributed by atoms with Gasteiger partial charge in [-0.3, -0.25) is 20.4 Å². The van der Waals surface area contributed by atoms with Crippen LogP contribution in [-0.2, 0) is 16.0 Å². The van der Waals surface area contributed by atoms with Gasteiger partial charge in [-0.1, -0.05) is 49.4 Å². The summed E-state index contributed by atoms with van der Waals surface area (Å²) in [5.41, 5.74) is 5.96. The molecule has 1 aliphatic rings. The number of hydrazine groups is 1. The van der Waals surface area contributed by atoms with Crippen molar-refractivity contribution in [2.75, 3.05) is 0 Å². The second-order valence-corrected chi connectivity index (χ2v) is 5.67. The fourth-order valence-electron chi connectivity index (χ4n) is 2.58. The molecule has 108 valence electrons. The molecule has 4 heteroatoms. The smallest absolute Gasteiger partial charge is 0.242 e. The summed E-state index contributed by atoms with van der Waals surface area (Å²) < 4.78 is 0. The average molecular weight is 282 g/mol. The zero-order valence-electron chi connectivity index (χ0n) is 11.9. The number of hydrogen-bond donors (Lipinski definition) is 2. The van der Waals surface area contributed by atoms with Crippen LogP contribution in [0.15, 0.2) is 42.5 Å². The second kappa shape index (κ2) is 5.56. The quantitative estimate of drug-likeness (QED) is 0.848. The normalized spacial score (nSPS) is 20.0. The predicted octanol–water partition coefficient (Wildman–Crippen LogP) is 2.19. The Morgan fingerprint density at radius 3 is 2.57 bits per heavy atom. The highest BCUT2D eigenvalue weighted by molar-refractivity contribution is 5.91. The van der Waals surface area contributed by atoms with Gasteiger partial charge in [0.2, 0.25) is 11.8 Å². The number of benzene rings is 2. The molecule has 0 unspecified atom stereocenters. The Labute approximate surface area is 123 Å². The Morgan fingerprint density at radius 1 is 1.10 bits per heavy atom. The number of fused-ring (bicyclic) bond motifs is 1. The lowest BCUT2D eigenvalue weighted by Crippen LogP contribution is -2.43. The molecule has 0 aromatic heterocycles. The highest BCUT2D eigenvalue weighted by atomic mass is 16.2. The molecule has 0 saturated heterocycles. The van der Waals surface area contributed by atoms with Crippen molar-refractivity contribution >= 4 is 22.6 Å². The number of rotatable bonds is 3. The third-order valence-corrected chi connectivity index (χ3v) is 4.00. The zero-order valence-corrected chi connectivity index (χ0v) is 11.9. The van der Waals surface area contributed by atoms with Crippen LogP contribution < -0.4 is 10.9 Å². The molecule has 0 bridgehead atoms. The van der Waals surface area contributed by atoms with E-state index < -0.39 is 0 Å². The van der Waals surface area contributed by atoms with Gasteiger partial charge in [-0.2, -0.15) is 0 Å². The second-order valence-electron chi connectivity index (χ2n) is 5.67. The van der Waals surface area contributed by atoms with Crippen LogP contribution in [0.2, 0.25) is 0 Å². The molecule has 4 nitrogen and oxygen atoms in total. The van der Waals surface area contributed by atoms with Crippen LogP contribution in [0.25, 0.3) is 10.8 Å². The Bertz CT molecular complexity index is 691. The van der Waals surface area contributed by atoms with Crippen molar-refractivity contribution in [2.24, 2.45) is 11.8 Å². The van der Waals surface area contributed by atoms with E-state index in [0.717, 1.165) is 22.8 Å². The number of amides is 2. The molecule has 0 spiro atoms. The van der Waals surface area contributed by atoms with Crippen LogP contribution in [0, 0.1) is 11.8 Å². The van der Waals surface area contributed by atoms with E-state index in [-0.39, 0.29) is 24.2 Å². The average Bonchev–Trinajstić information content (AvgIpc) is 3.22. The molecule has 21 heavy (non-hydrogen) atoms. The van der Waals surface area contributed by atoms with Gasteiger partial charge in [0.25, 0.3) is 0 Å². The van der Waals surface area contributed by atoms with Gasteiger partial charge in [0.05, 0.1) is 6.42 Å². The Balaban J connectivity index is 1.62. The van der Waals surface area contributed by atoms with Crippen LogP contribution in [0.1, 0.15) is 18.9 Å². The Kier molecular flexibility index (Phi) is 3.60. The van der Waals surface area contributed by atoms with E-state index in [4.69, 9.17) is 0 Å². The molecule has 1 fully saturated rings. The number of nitrogens with one attached hydrogen (secondary N) is 2. The number of carbonyl (C=O) groups excluding carboxylic acids is 2. The molecule has 2 atom stereocenters. The maximum Gasteiger partial charge on any atom is 0.242 e. The molecule has 0 heterocycles. The maximum absolute atomic E-state index is 12.0. The minimum atomic E-state index is -0.201. The molecule has 0 aliphatic heterocycles. The van der Waals surface area contributed by atoms with E-state index in [1.165, 1.54) is 0 Å². The van der Waals surface area contributed by atoms with Gasteiger partial charge in [-0.25, -0.2) is 0 Å². The first-order valence-electron chi connectivity index (χ1n) is 7.20. The van der Waals surface area contributed by atoms with Crippen LogP contribution in [0.4, 0.5) is 0 Å². The standard InChI is InChI=1S/C17H18N2O2/c1-11-9-15(11)17(21)19-18-16(20)10-13-7-4-6-12-5-2-3-8-14(12)13/h2-8,11,15H,9-10H2,1H3,(H,18,20)(H,19,21)/t11-,15-/m1/s1. The fourth-order valence-corrected chi connectivity index (χ4v) is 2.58. The predicted molar refractivity (Wildman–Crippen MR) is 81.2 cm³/mol. The van der Waals surface area contributed by atoms with Crippen molar-refractivity contribution in [2.45, 2.75) is 19.8 Å². The van der Waals surface area contributed by atoms with Gasteiger partial charge in [-0.15, -0.1) is 0 Å². The van der Waals surface area contributed by atoms with E-state index in [9.17, 15) is 9.59 Å². The molecule has 2 N–H and O–H groups in total. The molecule has 2 amide bonds. The van der Waals surface area contributed by atoms with Gasteiger partial charge < -0.3 is 0 Å². The molecule has 1 saturated carbocycles. The van der Waals surface area contributed by atoms with Crippen molar-refractivity contribution in [3.63, 3.8) is 0 Å². The minimum absolute atomic E-state index is 0.0582. The lowest BCUT2D eigenvalue weighted by atomic mass is 10.0. The van der Waals surface area contributed by atoms with E-state index in [0.29, 0.717) is 5.92 Å². The fraction of sp³-hybridized carbons (Fsp3) is 0.294. The van der Waals surface area contributed by atoms with Crippen LogP contribution >= 0.6 is 0 Å². The molecule has 1 aliphatic carbocycles. The SMILES string of the molecule is C[C@@H]1C[C@H]1C(=O)NNC(=O)Cc1cccc2ccccc12. The first kappa shape index (κ1) is 13.6. The molecule has 2 aromatic rings. The lowest BCUT2D eigenvalue weighted by Gasteiger charge is -2.09. The number of hydrogen-bond acceptors (Lipinski definition) is 2. The largest absolute Gasteiger partial charge is 0.273 e. The van der Waals surface area contributed by atoms with Gasteiger partial charge in [0.1, 0.15) is 0 Å². The first-order chi connectivity index (χ1) is 10.1. The highest BCUT2D eigenvalue weighted by Gasteiger charge is 2.39. The molecular formula is C17H18N2O2. The van der Waals surface area contributed by atoms with Crippen molar-refractivity contribution in [1.82, 2.24) is 10.9 Å². The Hall–Kier alpha value is -2.36. The Morgan fingerprint density at radius 2 is 1.81 bits per heavy atom. The van der Waals surface area contributed by atoms with Crippen molar-refractivity contribution < 1.29 is 9.59 Å². The van der Waals surface area contributed by atoms with E-state index >= 15 is 0 Å². The van der Waals surface area contributed by atoms with E-state index in [1.54, 1.807) is 0 Å². The van der Waals surface area contributed by atoms with Crippen molar-refractivity contribution in [3.05, 3.63) is 48.0 Å². The summed E-state index contributed by atoms with van der Waals surface area (Å²) in [6.45, 7) is 2.03. The van der Waals surface area contributed by atoms with Gasteiger partial charge >= 0.3 is 0 Å². The summed E-state index contributed by atoms with van der Waals surface area (Å²) in [7, 11) is 0. The van der Waals surface area contributed by atoms with E-state index in [1.807, 2.05) is 49.4 Å². The summed E-state index contributed by atoms with van der Waals surface area (Å²) in [5, 5.41) is 2.18. The zero-order chi connectivity index (χ0) is 14.8. The molecular weight excluding hydrogens is 264 g/mol. The van der Waals surface area contributed by atoms with E-state index in [2.05, 4.69) is 10.9 Å². The monoisotopic (exact) mass is 282 g/mol. The summed E-state index contributed by atoms with van der Waals surface area (Å²) >= 11 is 0. The third kappa shape index (κ3) is 3.05. The molecule has 2 aromatic carbocycles. The van der Waals surface area contributed by atoms with Gasteiger partial charge in [-0.05, 0) is 28.7 Å². The molecule has 0 radical (unpaired) electrons. The van der Waals surface area contributed by atoms with Crippen LogP contribution in [0.5, 0.6) is 0 Å². The summed E-state index contributed by atoms with van der Waals surface area (Å²) in [6.07, 6.45) is 1.16. The van der Waals surface area contributed by atoms with Crippen LogP contribution in [-0.4, -0.2) is 11.8 Å². The summed E-state index contributed by atoms with van der Waals surface area (Å²) in [6, 6.07) is 13.9. The highest BCUT2D eigenvalue weighted by Crippen LogP contribution is 2.37. The number of carbonyl (C=O) groups is 2. The first-order valence-corrected chi connectivity index (χ1v) is 7.20. The van der Waals surface area contributed by atoms with Crippen molar-refractivity contribution in [1.29, 1.82) is 0 Å². The third-order valence-electron chi connectivity index (χ3n) is 4.00. The van der Waals surface area contributed by atoms with Gasteiger partial charge in [0, 0.05) is 5.92 Å². The van der Waals surface area contributed by atoms with Crippen LogP contribution in [0.3, 0.4) is 0 Å². The molecule has 3 rings (SSSR count). The summed E-state index contributed by atoms with van der Waals surface area (Å²) in [5.74, 6) is 0.199. The minimum Gasteiger partial charge on any atom is -0.273 e. The topological polar surface area (TPSA) is 58.2 Å². The maximum atomic E-state index is 12.0.